The summed E-state index contributed by atoms with van der Waals surface area (Å²) in [5, 5.41) is 3.56. The maximum Gasteiger partial charge on any atom is 0.0121 e. The standard InChI is InChI=1S/C15H32N2/c1-12(2)11-16-9-8-14(5)17-10-6-7-15(17)13(3)4/h12-16H,6-11H2,1-5H3. The van der Waals surface area contributed by atoms with Crippen molar-refractivity contribution in [3.8, 4) is 0 Å². The molecule has 17 heavy (non-hydrogen) atoms. The van der Waals surface area contributed by atoms with Gasteiger partial charge in [0, 0.05) is 12.1 Å². The minimum Gasteiger partial charge on any atom is -0.316 e. The summed E-state index contributed by atoms with van der Waals surface area (Å²) < 4.78 is 0. The smallest absolute Gasteiger partial charge is 0.0121 e. The molecule has 1 heterocycles. The molecule has 1 rings (SSSR count). The molecule has 1 aliphatic heterocycles. The largest absolute Gasteiger partial charge is 0.316 e. The average Bonchev–Trinajstić information content (AvgIpc) is 2.72. The molecular formula is C15H32N2. The highest BCUT2D eigenvalue weighted by Crippen LogP contribution is 2.26. The van der Waals surface area contributed by atoms with Gasteiger partial charge >= 0.3 is 0 Å². The molecule has 0 saturated carbocycles. The Morgan fingerprint density at radius 2 is 1.88 bits per heavy atom. The van der Waals surface area contributed by atoms with Crippen LogP contribution in [0.1, 0.15) is 53.9 Å². The second kappa shape index (κ2) is 7.38. The third kappa shape index (κ3) is 4.97. The maximum atomic E-state index is 3.56. The molecule has 0 aliphatic carbocycles. The molecule has 0 aromatic carbocycles. The van der Waals surface area contributed by atoms with E-state index in [1.54, 1.807) is 0 Å². The van der Waals surface area contributed by atoms with Crippen LogP contribution in [0.25, 0.3) is 0 Å². The average molecular weight is 240 g/mol. The summed E-state index contributed by atoms with van der Waals surface area (Å²) in [6.07, 6.45) is 4.09. The predicted octanol–water partition coefficient (Wildman–Crippen LogP) is 3.13. The first-order valence-corrected chi connectivity index (χ1v) is 7.48. The molecule has 1 saturated heterocycles. The lowest BCUT2D eigenvalue weighted by atomic mass is 10.0. The summed E-state index contributed by atoms with van der Waals surface area (Å²) in [5.74, 6) is 1.57. The summed E-state index contributed by atoms with van der Waals surface area (Å²) in [6.45, 7) is 15.3. The molecule has 102 valence electrons. The van der Waals surface area contributed by atoms with Crippen LogP contribution in [-0.2, 0) is 0 Å². The van der Waals surface area contributed by atoms with Crippen molar-refractivity contribution in [3.05, 3.63) is 0 Å². The third-order valence-electron chi connectivity index (χ3n) is 3.97. The fourth-order valence-corrected chi connectivity index (χ4v) is 2.95. The van der Waals surface area contributed by atoms with E-state index in [2.05, 4.69) is 44.8 Å². The summed E-state index contributed by atoms with van der Waals surface area (Å²) in [7, 11) is 0. The maximum absolute atomic E-state index is 3.56. The van der Waals surface area contributed by atoms with Gasteiger partial charge in [0.2, 0.25) is 0 Å². The monoisotopic (exact) mass is 240 g/mol. The first-order chi connectivity index (χ1) is 8.02. The summed E-state index contributed by atoms with van der Waals surface area (Å²) in [5.41, 5.74) is 0. The van der Waals surface area contributed by atoms with Crippen molar-refractivity contribution in [2.45, 2.75) is 66.0 Å². The number of nitrogens with zero attached hydrogens (tertiary/aromatic N) is 1. The fraction of sp³-hybridized carbons (Fsp3) is 1.00. The molecule has 0 aromatic rings. The third-order valence-corrected chi connectivity index (χ3v) is 3.97. The SMILES string of the molecule is CC(C)CNCCC(C)N1CCCC1C(C)C. The lowest BCUT2D eigenvalue weighted by Crippen LogP contribution is -2.41. The van der Waals surface area contributed by atoms with Crippen LogP contribution in [0.2, 0.25) is 0 Å². The van der Waals surface area contributed by atoms with Crippen molar-refractivity contribution >= 4 is 0 Å². The number of rotatable bonds is 7. The molecule has 1 aliphatic rings. The Balaban J connectivity index is 2.24. The van der Waals surface area contributed by atoms with E-state index in [0.717, 1.165) is 30.5 Å². The van der Waals surface area contributed by atoms with Gasteiger partial charge in [-0.05, 0) is 57.7 Å². The summed E-state index contributed by atoms with van der Waals surface area (Å²) in [4.78, 5) is 2.74. The Morgan fingerprint density at radius 3 is 2.47 bits per heavy atom. The fourth-order valence-electron chi connectivity index (χ4n) is 2.95. The van der Waals surface area contributed by atoms with Gasteiger partial charge in [0.25, 0.3) is 0 Å². The van der Waals surface area contributed by atoms with Crippen LogP contribution in [0.4, 0.5) is 0 Å². The zero-order chi connectivity index (χ0) is 12.8. The van der Waals surface area contributed by atoms with E-state index >= 15 is 0 Å². The van der Waals surface area contributed by atoms with Gasteiger partial charge in [0.1, 0.15) is 0 Å². The first-order valence-electron chi connectivity index (χ1n) is 7.48. The van der Waals surface area contributed by atoms with Crippen LogP contribution in [0.3, 0.4) is 0 Å². The summed E-state index contributed by atoms with van der Waals surface area (Å²) >= 11 is 0. The molecule has 1 fully saturated rings. The van der Waals surface area contributed by atoms with Gasteiger partial charge in [-0.25, -0.2) is 0 Å². The van der Waals surface area contributed by atoms with Crippen LogP contribution >= 0.6 is 0 Å². The van der Waals surface area contributed by atoms with E-state index in [1.165, 1.54) is 32.4 Å². The Kier molecular flexibility index (Phi) is 6.50. The van der Waals surface area contributed by atoms with E-state index in [0.29, 0.717) is 0 Å². The highest BCUT2D eigenvalue weighted by molar-refractivity contribution is 4.85. The van der Waals surface area contributed by atoms with Gasteiger partial charge in [-0.1, -0.05) is 27.7 Å². The zero-order valence-corrected chi connectivity index (χ0v) is 12.5. The molecular weight excluding hydrogens is 208 g/mol. The van der Waals surface area contributed by atoms with Crippen LogP contribution in [0.15, 0.2) is 0 Å². The molecule has 0 aromatic heterocycles. The number of hydrogen-bond donors (Lipinski definition) is 1. The Labute approximate surface area is 108 Å². The molecule has 0 bridgehead atoms. The van der Waals surface area contributed by atoms with Crippen molar-refractivity contribution in [1.82, 2.24) is 10.2 Å². The van der Waals surface area contributed by atoms with Crippen LogP contribution < -0.4 is 5.32 Å². The Morgan fingerprint density at radius 1 is 1.18 bits per heavy atom. The second-order valence-electron chi connectivity index (χ2n) is 6.43. The Hall–Kier alpha value is -0.0800. The molecule has 2 atom stereocenters. The van der Waals surface area contributed by atoms with Crippen LogP contribution in [0.5, 0.6) is 0 Å². The molecule has 0 spiro atoms. The van der Waals surface area contributed by atoms with Gasteiger partial charge in [-0.15, -0.1) is 0 Å². The second-order valence-corrected chi connectivity index (χ2v) is 6.43. The summed E-state index contributed by atoms with van der Waals surface area (Å²) in [6, 6.07) is 1.57. The van der Waals surface area contributed by atoms with E-state index < -0.39 is 0 Å². The lowest BCUT2D eigenvalue weighted by molar-refractivity contribution is 0.148. The van der Waals surface area contributed by atoms with Gasteiger partial charge in [-0.3, -0.25) is 4.90 Å². The molecule has 2 unspecified atom stereocenters. The Bertz CT molecular complexity index is 201. The van der Waals surface area contributed by atoms with Crippen molar-refractivity contribution < 1.29 is 0 Å². The van der Waals surface area contributed by atoms with Gasteiger partial charge in [-0.2, -0.15) is 0 Å². The molecule has 0 radical (unpaired) electrons. The molecule has 1 N–H and O–H groups in total. The minimum atomic E-state index is 0.740. The highest BCUT2D eigenvalue weighted by atomic mass is 15.2. The normalized spacial score (nSPS) is 23.8. The van der Waals surface area contributed by atoms with Gasteiger partial charge in [0.15, 0.2) is 0 Å². The number of likely N-dealkylation sites (tertiary alicyclic amines) is 1. The van der Waals surface area contributed by atoms with Crippen LogP contribution in [-0.4, -0.2) is 36.6 Å². The quantitative estimate of drug-likeness (QED) is 0.688. The van der Waals surface area contributed by atoms with E-state index in [1.807, 2.05) is 0 Å². The van der Waals surface area contributed by atoms with E-state index in [-0.39, 0.29) is 0 Å². The van der Waals surface area contributed by atoms with Gasteiger partial charge in [0.05, 0.1) is 0 Å². The van der Waals surface area contributed by atoms with Gasteiger partial charge < -0.3 is 5.32 Å². The molecule has 2 heteroatoms. The predicted molar refractivity (Wildman–Crippen MR) is 76.4 cm³/mol. The number of nitrogens with one attached hydrogen (secondary N) is 1. The lowest BCUT2D eigenvalue weighted by Gasteiger charge is -2.33. The van der Waals surface area contributed by atoms with Crippen LogP contribution in [0, 0.1) is 11.8 Å². The van der Waals surface area contributed by atoms with E-state index in [4.69, 9.17) is 0 Å². The topological polar surface area (TPSA) is 15.3 Å². The van der Waals surface area contributed by atoms with Crippen molar-refractivity contribution in [3.63, 3.8) is 0 Å². The first kappa shape index (κ1) is 15.0. The highest BCUT2D eigenvalue weighted by Gasteiger charge is 2.29. The zero-order valence-electron chi connectivity index (χ0n) is 12.5. The minimum absolute atomic E-state index is 0.740. The van der Waals surface area contributed by atoms with E-state index in [9.17, 15) is 0 Å². The molecule has 0 amide bonds. The van der Waals surface area contributed by atoms with Crippen molar-refractivity contribution in [2.24, 2.45) is 11.8 Å². The number of hydrogen-bond acceptors (Lipinski definition) is 2. The molecule has 2 nitrogen and oxygen atoms in total. The van der Waals surface area contributed by atoms with Crippen molar-refractivity contribution in [2.75, 3.05) is 19.6 Å². The van der Waals surface area contributed by atoms with Crippen molar-refractivity contribution in [1.29, 1.82) is 0 Å².